The average Bonchev–Trinajstić information content (AvgIpc) is 2.52. The van der Waals surface area contributed by atoms with Gasteiger partial charge in [0, 0.05) is 32.7 Å². The molecular formula is C19H22Cl3NO. The Labute approximate surface area is 159 Å². The van der Waals surface area contributed by atoms with Gasteiger partial charge in [-0.05, 0) is 49.2 Å². The number of benzene rings is 2. The van der Waals surface area contributed by atoms with Crippen molar-refractivity contribution < 1.29 is 4.74 Å². The number of nitrogens with one attached hydrogen (secondary N) is 1. The van der Waals surface area contributed by atoms with E-state index in [2.05, 4.69) is 19.2 Å². The maximum atomic E-state index is 6.19. The highest BCUT2D eigenvalue weighted by atomic mass is 35.5. The summed E-state index contributed by atoms with van der Waals surface area (Å²) in [5.41, 5.74) is 1.94. The maximum Gasteiger partial charge on any atom is 0.124 e. The number of hydrogen-bond donors (Lipinski definition) is 1. The Morgan fingerprint density at radius 3 is 2.38 bits per heavy atom. The number of halogens is 3. The Morgan fingerprint density at radius 2 is 1.67 bits per heavy atom. The van der Waals surface area contributed by atoms with E-state index in [1.54, 1.807) is 6.07 Å². The van der Waals surface area contributed by atoms with Crippen molar-refractivity contribution in [1.29, 1.82) is 0 Å². The normalized spacial score (nSPS) is 11.1. The monoisotopic (exact) mass is 385 g/mol. The summed E-state index contributed by atoms with van der Waals surface area (Å²) < 4.78 is 5.95. The highest BCUT2D eigenvalue weighted by Gasteiger charge is 2.08. The van der Waals surface area contributed by atoms with Gasteiger partial charge in [0.05, 0.1) is 0 Å². The van der Waals surface area contributed by atoms with Crippen molar-refractivity contribution in [3.63, 3.8) is 0 Å². The summed E-state index contributed by atoms with van der Waals surface area (Å²) in [6.07, 6.45) is 1.14. The molecular weight excluding hydrogens is 365 g/mol. The third-order valence-corrected chi connectivity index (χ3v) is 4.46. The lowest BCUT2D eigenvalue weighted by molar-refractivity contribution is 0.302. The average molecular weight is 387 g/mol. The van der Waals surface area contributed by atoms with Gasteiger partial charge in [-0.1, -0.05) is 54.7 Å². The molecule has 1 N–H and O–H groups in total. The minimum absolute atomic E-state index is 0.386. The van der Waals surface area contributed by atoms with Crippen LogP contribution in [-0.2, 0) is 13.2 Å². The second-order valence-electron chi connectivity index (χ2n) is 6.14. The molecule has 0 aliphatic heterocycles. The van der Waals surface area contributed by atoms with Crippen molar-refractivity contribution in [2.75, 3.05) is 6.54 Å². The molecule has 2 aromatic carbocycles. The maximum absolute atomic E-state index is 6.19. The SMILES string of the molecule is CC(C)CCNCc1cc(Cl)ccc1OCc1ccc(Cl)cc1Cl. The van der Waals surface area contributed by atoms with Crippen molar-refractivity contribution >= 4 is 34.8 Å². The van der Waals surface area contributed by atoms with Gasteiger partial charge in [0.1, 0.15) is 12.4 Å². The van der Waals surface area contributed by atoms with Crippen molar-refractivity contribution in [1.82, 2.24) is 5.32 Å². The molecule has 2 rings (SSSR count). The number of ether oxygens (including phenoxy) is 1. The van der Waals surface area contributed by atoms with E-state index in [4.69, 9.17) is 39.5 Å². The topological polar surface area (TPSA) is 21.3 Å². The molecule has 0 radical (unpaired) electrons. The molecule has 0 saturated carbocycles. The quantitative estimate of drug-likeness (QED) is 0.533. The Balaban J connectivity index is 2.01. The predicted octanol–water partition coefficient (Wildman–Crippen LogP) is 6.36. The van der Waals surface area contributed by atoms with Crippen LogP contribution in [0.2, 0.25) is 15.1 Å². The lowest BCUT2D eigenvalue weighted by Gasteiger charge is -2.14. The van der Waals surface area contributed by atoms with E-state index < -0.39 is 0 Å². The molecule has 0 fully saturated rings. The van der Waals surface area contributed by atoms with Gasteiger partial charge in [-0.2, -0.15) is 0 Å². The Bertz CT molecular complexity index is 674. The lowest BCUT2D eigenvalue weighted by atomic mass is 10.1. The molecule has 2 aromatic rings. The first-order valence-corrected chi connectivity index (χ1v) is 9.15. The summed E-state index contributed by atoms with van der Waals surface area (Å²) in [7, 11) is 0. The van der Waals surface area contributed by atoms with Crippen molar-refractivity contribution in [3.8, 4) is 5.75 Å². The summed E-state index contributed by atoms with van der Waals surface area (Å²) in [5, 5.41) is 5.36. The number of rotatable bonds is 8. The van der Waals surface area contributed by atoms with Crippen molar-refractivity contribution in [2.45, 2.75) is 33.4 Å². The zero-order valence-electron chi connectivity index (χ0n) is 13.9. The summed E-state index contributed by atoms with van der Waals surface area (Å²) in [6.45, 7) is 6.50. The van der Waals surface area contributed by atoms with Crippen LogP contribution in [0.25, 0.3) is 0 Å². The van der Waals surface area contributed by atoms with Crippen LogP contribution in [-0.4, -0.2) is 6.54 Å². The standard InChI is InChI=1S/C19H22Cl3NO/c1-13(2)7-8-23-11-15-9-16(20)5-6-19(15)24-12-14-3-4-17(21)10-18(14)22/h3-6,9-10,13,23H,7-8,11-12H2,1-2H3. The number of hydrogen-bond acceptors (Lipinski definition) is 2. The molecule has 130 valence electrons. The van der Waals surface area contributed by atoms with Crippen LogP contribution in [0, 0.1) is 5.92 Å². The van der Waals surface area contributed by atoms with Gasteiger partial charge < -0.3 is 10.1 Å². The van der Waals surface area contributed by atoms with Crippen LogP contribution in [0.1, 0.15) is 31.4 Å². The van der Waals surface area contributed by atoms with E-state index in [9.17, 15) is 0 Å². The Kier molecular flexibility index (Phi) is 7.70. The van der Waals surface area contributed by atoms with Gasteiger partial charge in [-0.25, -0.2) is 0 Å². The molecule has 0 unspecified atom stereocenters. The molecule has 0 aliphatic rings. The molecule has 0 bridgehead atoms. The third kappa shape index (κ3) is 6.18. The molecule has 5 heteroatoms. The zero-order chi connectivity index (χ0) is 17.5. The molecule has 24 heavy (non-hydrogen) atoms. The van der Waals surface area contributed by atoms with Gasteiger partial charge in [0.15, 0.2) is 0 Å². The second kappa shape index (κ2) is 9.53. The molecule has 0 aliphatic carbocycles. The van der Waals surface area contributed by atoms with Gasteiger partial charge in [0.2, 0.25) is 0 Å². The summed E-state index contributed by atoms with van der Waals surface area (Å²) >= 11 is 18.2. The van der Waals surface area contributed by atoms with E-state index >= 15 is 0 Å². The highest BCUT2D eigenvalue weighted by molar-refractivity contribution is 6.35. The van der Waals surface area contributed by atoms with Crippen LogP contribution in [0.3, 0.4) is 0 Å². The smallest absolute Gasteiger partial charge is 0.124 e. The van der Waals surface area contributed by atoms with E-state index in [-0.39, 0.29) is 0 Å². The van der Waals surface area contributed by atoms with Crippen molar-refractivity contribution in [3.05, 3.63) is 62.6 Å². The lowest BCUT2D eigenvalue weighted by Crippen LogP contribution is -2.17. The molecule has 2 nitrogen and oxygen atoms in total. The molecule has 0 atom stereocenters. The molecule has 0 aromatic heterocycles. The fourth-order valence-electron chi connectivity index (χ4n) is 2.24. The van der Waals surface area contributed by atoms with E-state index in [1.807, 2.05) is 30.3 Å². The molecule has 0 saturated heterocycles. The highest BCUT2D eigenvalue weighted by Crippen LogP contribution is 2.26. The van der Waals surface area contributed by atoms with Crippen molar-refractivity contribution in [2.24, 2.45) is 5.92 Å². The minimum Gasteiger partial charge on any atom is -0.489 e. The third-order valence-electron chi connectivity index (χ3n) is 3.63. The summed E-state index contributed by atoms with van der Waals surface area (Å²) in [5.74, 6) is 1.49. The van der Waals surface area contributed by atoms with Gasteiger partial charge >= 0.3 is 0 Å². The zero-order valence-corrected chi connectivity index (χ0v) is 16.2. The molecule has 0 amide bonds. The molecule has 0 spiro atoms. The summed E-state index contributed by atoms with van der Waals surface area (Å²) in [6, 6.07) is 11.1. The van der Waals surface area contributed by atoms with Crippen LogP contribution in [0.15, 0.2) is 36.4 Å². The fourth-order valence-corrected chi connectivity index (χ4v) is 2.89. The fraction of sp³-hybridized carbons (Fsp3) is 0.368. The van der Waals surface area contributed by atoms with E-state index in [0.29, 0.717) is 27.6 Å². The molecule has 0 heterocycles. The van der Waals surface area contributed by atoms with Crippen LogP contribution in [0.5, 0.6) is 5.75 Å². The first-order chi connectivity index (χ1) is 11.5. The van der Waals surface area contributed by atoms with Gasteiger partial charge in [-0.3, -0.25) is 0 Å². The first kappa shape index (κ1) is 19.4. The van der Waals surface area contributed by atoms with E-state index in [0.717, 1.165) is 36.4 Å². The largest absolute Gasteiger partial charge is 0.489 e. The minimum atomic E-state index is 0.386. The summed E-state index contributed by atoms with van der Waals surface area (Å²) in [4.78, 5) is 0. The van der Waals surface area contributed by atoms with E-state index in [1.165, 1.54) is 0 Å². The van der Waals surface area contributed by atoms with Crippen LogP contribution < -0.4 is 10.1 Å². The van der Waals surface area contributed by atoms with Crippen LogP contribution in [0.4, 0.5) is 0 Å². The first-order valence-electron chi connectivity index (χ1n) is 8.01. The second-order valence-corrected chi connectivity index (χ2v) is 7.42. The predicted molar refractivity (Wildman–Crippen MR) is 103 cm³/mol. The van der Waals surface area contributed by atoms with Gasteiger partial charge in [0.25, 0.3) is 0 Å². The van der Waals surface area contributed by atoms with Gasteiger partial charge in [-0.15, -0.1) is 0 Å². The Hall–Kier alpha value is -0.930. The Morgan fingerprint density at radius 1 is 0.958 bits per heavy atom. The van der Waals surface area contributed by atoms with Crippen LogP contribution >= 0.6 is 34.8 Å².